The maximum Gasteiger partial charge on any atom is 0.228 e. The van der Waals surface area contributed by atoms with E-state index in [1.165, 1.54) is 0 Å². The summed E-state index contributed by atoms with van der Waals surface area (Å²) in [7, 11) is 1.75. The van der Waals surface area contributed by atoms with Crippen molar-refractivity contribution < 1.29 is 9.59 Å². The molecule has 2 unspecified atom stereocenters. The van der Waals surface area contributed by atoms with Gasteiger partial charge in [0, 0.05) is 33.1 Å². The van der Waals surface area contributed by atoms with Crippen molar-refractivity contribution in [1.82, 2.24) is 9.80 Å². The van der Waals surface area contributed by atoms with Crippen molar-refractivity contribution >= 4 is 24.2 Å². The van der Waals surface area contributed by atoms with Crippen molar-refractivity contribution in [1.29, 1.82) is 0 Å². The molecule has 0 saturated carbocycles. The van der Waals surface area contributed by atoms with E-state index >= 15 is 0 Å². The van der Waals surface area contributed by atoms with Gasteiger partial charge in [-0.1, -0.05) is 6.92 Å². The van der Waals surface area contributed by atoms with E-state index in [0.29, 0.717) is 19.5 Å². The maximum atomic E-state index is 12.2. The Balaban J connectivity index is 0.00000162. The van der Waals surface area contributed by atoms with Crippen LogP contribution in [0.3, 0.4) is 0 Å². The van der Waals surface area contributed by atoms with Gasteiger partial charge in [-0.2, -0.15) is 0 Å². The van der Waals surface area contributed by atoms with Crippen molar-refractivity contribution in [2.24, 2.45) is 17.1 Å². The van der Waals surface area contributed by atoms with Gasteiger partial charge >= 0.3 is 0 Å². The molecule has 2 amide bonds. The first-order chi connectivity index (χ1) is 7.95. The monoisotopic (exact) mass is 275 g/mol. The number of nitrogens with zero attached hydrogens (tertiary/aromatic N) is 2. The highest BCUT2D eigenvalue weighted by Crippen LogP contribution is 2.30. The lowest BCUT2D eigenvalue weighted by Gasteiger charge is -2.24. The minimum Gasteiger partial charge on any atom is -0.345 e. The number of hydrogen-bond donors (Lipinski definition) is 1. The highest BCUT2D eigenvalue weighted by molar-refractivity contribution is 5.89. The Morgan fingerprint density at radius 1 is 1.56 bits per heavy atom. The van der Waals surface area contributed by atoms with Gasteiger partial charge in [-0.05, 0) is 18.4 Å². The fraction of sp³-hybridized carbons (Fsp3) is 0.833. The van der Waals surface area contributed by atoms with Crippen molar-refractivity contribution in [3.8, 4) is 0 Å². The average molecular weight is 276 g/mol. The van der Waals surface area contributed by atoms with Gasteiger partial charge in [0.25, 0.3) is 0 Å². The Kier molecular flexibility index (Phi) is 4.61. The van der Waals surface area contributed by atoms with E-state index in [1.54, 1.807) is 11.9 Å². The summed E-state index contributed by atoms with van der Waals surface area (Å²) in [5, 5.41) is 0. The van der Waals surface area contributed by atoms with Gasteiger partial charge in [0.2, 0.25) is 11.8 Å². The minimum atomic E-state index is -0.146. The van der Waals surface area contributed by atoms with Gasteiger partial charge in [-0.25, -0.2) is 0 Å². The molecule has 0 radical (unpaired) electrons. The summed E-state index contributed by atoms with van der Waals surface area (Å²) < 4.78 is 0. The highest BCUT2D eigenvalue weighted by Gasteiger charge is 2.40. The summed E-state index contributed by atoms with van der Waals surface area (Å²) >= 11 is 0. The predicted molar refractivity (Wildman–Crippen MR) is 71.4 cm³/mol. The van der Waals surface area contributed by atoms with Crippen LogP contribution in [0.15, 0.2) is 0 Å². The van der Waals surface area contributed by atoms with E-state index < -0.39 is 0 Å². The van der Waals surface area contributed by atoms with E-state index in [4.69, 9.17) is 5.73 Å². The van der Waals surface area contributed by atoms with Gasteiger partial charge in [0.1, 0.15) is 0 Å². The Morgan fingerprint density at radius 2 is 2.22 bits per heavy atom. The van der Waals surface area contributed by atoms with Crippen LogP contribution in [0, 0.1) is 11.3 Å². The smallest absolute Gasteiger partial charge is 0.228 e. The van der Waals surface area contributed by atoms with Crippen LogP contribution in [0.1, 0.15) is 19.8 Å². The molecule has 0 aliphatic carbocycles. The predicted octanol–water partition coefficient (Wildman–Crippen LogP) is 0.0838. The standard InChI is InChI=1S/C12H21N3O2.ClH/c1-12(7-13)3-4-15(8-12)11(17)9-5-10(16)14(2)6-9;/h9H,3-8,13H2,1-2H3;1H. The number of carbonyl (C=O) groups excluding carboxylic acids is 2. The lowest BCUT2D eigenvalue weighted by atomic mass is 9.90. The van der Waals surface area contributed by atoms with Crippen LogP contribution < -0.4 is 5.73 Å². The highest BCUT2D eigenvalue weighted by atomic mass is 35.5. The van der Waals surface area contributed by atoms with Gasteiger partial charge < -0.3 is 15.5 Å². The van der Waals surface area contributed by atoms with E-state index in [1.807, 2.05) is 4.90 Å². The second-order valence-electron chi connectivity index (χ2n) is 5.70. The summed E-state index contributed by atoms with van der Waals surface area (Å²) in [4.78, 5) is 27.2. The number of carbonyl (C=O) groups is 2. The number of halogens is 1. The average Bonchev–Trinajstić information content (AvgIpc) is 2.84. The quantitative estimate of drug-likeness (QED) is 0.776. The zero-order valence-electron chi connectivity index (χ0n) is 11.0. The third-order valence-electron chi connectivity index (χ3n) is 4.05. The molecule has 2 aliphatic heterocycles. The van der Waals surface area contributed by atoms with Crippen molar-refractivity contribution in [2.45, 2.75) is 19.8 Å². The number of nitrogens with two attached hydrogens (primary N) is 1. The zero-order chi connectivity index (χ0) is 12.6. The van der Waals surface area contributed by atoms with Gasteiger partial charge in [0.05, 0.1) is 5.92 Å². The molecule has 0 spiro atoms. The second kappa shape index (κ2) is 5.45. The van der Waals surface area contributed by atoms with E-state index in [9.17, 15) is 9.59 Å². The van der Waals surface area contributed by atoms with Gasteiger partial charge in [0.15, 0.2) is 0 Å². The molecule has 5 nitrogen and oxygen atoms in total. The molecule has 2 N–H and O–H groups in total. The van der Waals surface area contributed by atoms with Crippen LogP contribution in [0.2, 0.25) is 0 Å². The van der Waals surface area contributed by atoms with Crippen molar-refractivity contribution in [3.05, 3.63) is 0 Å². The molecular formula is C12H22ClN3O2. The molecule has 0 aromatic heterocycles. The molecule has 0 bridgehead atoms. The summed E-state index contributed by atoms with van der Waals surface area (Å²) in [6.45, 7) is 4.80. The molecule has 2 atom stereocenters. The molecule has 2 heterocycles. The molecule has 2 fully saturated rings. The SMILES string of the molecule is CN1CC(C(=O)N2CCC(C)(CN)C2)CC1=O.Cl. The fourth-order valence-electron chi connectivity index (χ4n) is 2.67. The second-order valence-corrected chi connectivity index (χ2v) is 5.70. The molecule has 0 aromatic carbocycles. The maximum absolute atomic E-state index is 12.2. The third-order valence-corrected chi connectivity index (χ3v) is 4.05. The molecule has 2 rings (SSSR count). The van der Waals surface area contributed by atoms with E-state index in [0.717, 1.165) is 19.5 Å². The first-order valence-electron chi connectivity index (χ1n) is 6.18. The van der Waals surface area contributed by atoms with Crippen molar-refractivity contribution in [2.75, 3.05) is 33.2 Å². The molecule has 2 saturated heterocycles. The van der Waals surface area contributed by atoms with Gasteiger partial charge in [-0.15, -0.1) is 12.4 Å². The summed E-state index contributed by atoms with van der Waals surface area (Å²) in [6.07, 6.45) is 1.33. The number of likely N-dealkylation sites (tertiary alicyclic amines) is 2. The molecule has 104 valence electrons. The number of hydrogen-bond acceptors (Lipinski definition) is 3. The summed E-state index contributed by atoms with van der Waals surface area (Å²) in [6, 6.07) is 0. The first kappa shape index (κ1) is 15.2. The van der Waals surface area contributed by atoms with E-state index in [-0.39, 0.29) is 35.6 Å². The van der Waals surface area contributed by atoms with Crippen LogP contribution in [0.25, 0.3) is 0 Å². The lowest BCUT2D eigenvalue weighted by Crippen LogP contribution is -2.38. The van der Waals surface area contributed by atoms with Crippen LogP contribution in [0.5, 0.6) is 0 Å². The molecule has 0 aromatic rings. The number of rotatable bonds is 2. The fourth-order valence-corrected chi connectivity index (χ4v) is 2.67. The van der Waals surface area contributed by atoms with Crippen LogP contribution in [-0.4, -0.2) is 54.8 Å². The van der Waals surface area contributed by atoms with Crippen LogP contribution in [0.4, 0.5) is 0 Å². The molecule has 6 heteroatoms. The normalized spacial score (nSPS) is 31.7. The minimum absolute atomic E-state index is 0. The molecule has 18 heavy (non-hydrogen) atoms. The Hall–Kier alpha value is -0.810. The van der Waals surface area contributed by atoms with Gasteiger partial charge in [-0.3, -0.25) is 9.59 Å². The summed E-state index contributed by atoms with van der Waals surface area (Å²) in [5.74, 6) is 0.0524. The first-order valence-corrected chi connectivity index (χ1v) is 6.18. The largest absolute Gasteiger partial charge is 0.345 e. The molecule has 2 aliphatic rings. The summed E-state index contributed by atoms with van der Waals surface area (Å²) in [5.41, 5.74) is 5.79. The number of amides is 2. The lowest BCUT2D eigenvalue weighted by molar-refractivity contribution is -0.135. The van der Waals surface area contributed by atoms with E-state index in [2.05, 4.69) is 6.92 Å². The van der Waals surface area contributed by atoms with Crippen LogP contribution in [-0.2, 0) is 9.59 Å². The zero-order valence-corrected chi connectivity index (χ0v) is 11.8. The third kappa shape index (κ3) is 2.78. The molecular weight excluding hydrogens is 254 g/mol. The Labute approximate surface area is 114 Å². The van der Waals surface area contributed by atoms with Crippen LogP contribution >= 0.6 is 12.4 Å². The Morgan fingerprint density at radius 3 is 2.67 bits per heavy atom. The van der Waals surface area contributed by atoms with Crippen molar-refractivity contribution in [3.63, 3.8) is 0 Å². The topological polar surface area (TPSA) is 66.6 Å². The Bertz CT molecular complexity index is 350.